The van der Waals surface area contributed by atoms with Crippen molar-refractivity contribution in [1.29, 1.82) is 0 Å². The summed E-state index contributed by atoms with van der Waals surface area (Å²) in [7, 11) is -4.18. The maximum Gasteiger partial charge on any atom is 0.421 e. The molecule has 1 heterocycles. The highest BCUT2D eigenvalue weighted by Crippen LogP contribution is 2.68. The Morgan fingerprint density at radius 1 is 1.02 bits per heavy atom. The molecule has 0 radical (unpaired) electrons. The van der Waals surface area contributed by atoms with Crippen LogP contribution in [0.25, 0.3) is 0 Å². The van der Waals surface area contributed by atoms with Crippen molar-refractivity contribution >= 4 is 16.1 Å². The van der Waals surface area contributed by atoms with E-state index in [9.17, 15) is 23.4 Å². The third-order valence-electron chi connectivity index (χ3n) is 12.4. The van der Waals surface area contributed by atoms with Gasteiger partial charge in [-0.1, -0.05) is 20.8 Å². The van der Waals surface area contributed by atoms with Crippen molar-refractivity contribution < 1.29 is 32.9 Å². The maximum absolute atomic E-state index is 12.7. The molecule has 0 spiro atoms. The maximum atomic E-state index is 12.7. The van der Waals surface area contributed by atoms with E-state index in [2.05, 4.69) is 25.8 Å². The molecule has 0 aromatic carbocycles. The largest absolute Gasteiger partial charge is 0.486 e. The minimum Gasteiger partial charge on any atom is -0.486 e. The van der Waals surface area contributed by atoms with Gasteiger partial charge in [0.1, 0.15) is 11.4 Å². The van der Waals surface area contributed by atoms with Gasteiger partial charge in [-0.05, 0) is 130 Å². The fourth-order valence-corrected chi connectivity index (χ4v) is 10.7. The Kier molecular flexibility index (Phi) is 7.62. The number of sulfonamides is 1. The molecule has 10 heteroatoms. The molecule has 0 saturated heterocycles. The normalized spacial score (nSPS) is 41.0. The molecular formula is C32H48N2O7S. The van der Waals surface area contributed by atoms with Crippen LogP contribution in [0.4, 0.5) is 4.79 Å². The number of amides is 1. The van der Waals surface area contributed by atoms with E-state index in [-0.39, 0.29) is 52.1 Å². The second kappa shape index (κ2) is 10.6. The lowest BCUT2D eigenvalue weighted by Gasteiger charge is -2.62. The average Bonchev–Trinajstić information content (AvgIpc) is 3.54. The van der Waals surface area contributed by atoms with Crippen LogP contribution >= 0.6 is 0 Å². The van der Waals surface area contributed by atoms with Crippen molar-refractivity contribution in [2.24, 2.45) is 46.3 Å². The van der Waals surface area contributed by atoms with Crippen LogP contribution in [0.5, 0.6) is 5.75 Å². The van der Waals surface area contributed by atoms with Gasteiger partial charge in [0.2, 0.25) is 0 Å². The summed E-state index contributed by atoms with van der Waals surface area (Å²) in [4.78, 5) is 16.6. The zero-order valence-electron chi connectivity index (χ0n) is 25.4. The highest BCUT2D eigenvalue weighted by atomic mass is 32.2. The number of ether oxygens (including phenoxy) is 2. The first-order valence-corrected chi connectivity index (χ1v) is 17.4. The minimum absolute atomic E-state index is 0.0378. The van der Waals surface area contributed by atoms with E-state index in [1.165, 1.54) is 12.3 Å². The molecule has 234 valence electrons. The molecule has 0 aliphatic heterocycles. The Morgan fingerprint density at radius 2 is 1.74 bits per heavy atom. The van der Waals surface area contributed by atoms with Crippen molar-refractivity contribution in [2.75, 3.05) is 6.61 Å². The van der Waals surface area contributed by atoms with Gasteiger partial charge in [0.05, 0.1) is 25.0 Å². The van der Waals surface area contributed by atoms with Gasteiger partial charge in [0.15, 0.2) is 5.03 Å². The molecule has 5 saturated carbocycles. The van der Waals surface area contributed by atoms with Crippen molar-refractivity contribution in [1.82, 2.24) is 9.71 Å². The molecule has 1 amide bonds. The van der Waals surface area contributed by atoms with Crippen LogP contribution in [0.15, 0.2) is 23.4 Å². The van der Waals surface area contributed by atoms with Gasteiger partial charge in [-0.3, -0.25) is 0 Å². The third-order valence-corrected chi connectivity index (χ3v) is 13.6. The van der Waals surface area contributed by atoms with Gasteiger partial charge in [0.25, 0.3) is 10.0 Å². The molecular weight excluding hydrogens is 556 g/mol. The number of carbonyl (C=O) groups is 1. The zero-order chi connectivity index (χ0) is 30.1. The number of aliphatic hydroxyl groups excluding tert-OH is 2. The summed E-state index contributed by atoms with van der Waals surface area (Å²) in [5.41, 5.74) is 0.0163. The van der Waals surface area contributed by atoms with Crippen molar-refractivity contribution in [3.63, 3.8) is 0 Å². The summed E-state index contributed by atoms with van der Waals surface area (Å²) >= 11 is 0. The number of carbonyl (C=O) groups excluding carboxylic acids is 1. The van der Waals surface area contributed by atoms with Gasteiger partial charge in [-0.2, -0.15) is 8.42 Å². The van der Waals surface area contributed by atoms with Gasteiger partial charge in [-0.25, -0.2) is 14.5 Å². The monoisotopic (exact) mass is 604 g/mol. The van der Waals surface area contributed by atoms with Gasteiger partial charge >= 0.3 is 6.09 Å². The second-order valence-electron chi connectivity index (χ2n) is 15.0. The molecule has 3 N–H and O–H groups in total. The van der Waals surface area contributed by atoms with Crippen LogP contribution in [-0.4, -0.2) is 54.1 Å². The number of pyridine rings is 1. The van der Waals surface area contributed by atoms with E-state index >= 15 is 0 Å². The minimum atomic E-state index is -4.18. The number of fused-ring (bicyclic) bond motifs is 5. The lowest BCUT2D eigenvalue weighted by molar-refractivity contribution is -0.174. The summed E-state index contributed by atoms with van der Waals surface area (Å²) in [5.74, 6) is 2.41. The van der Waals surface area contributed by atoms with E-state index in [1.807, 2.05) is 11.6 Å². The molecule has 6 rings (SSSR count). The highest BCUT2D eigenvalue weighted by Gasteiger charge is 2.63. The van der Waals surface area contributed by atoms with E-state index in [4.69, 9.17) is 9.47 Å². The topological polar surface area (TPSA) is 135 Å². The number of nitrogens with zero attached hydrogens (tertiary/aromatic N) is 1. The number of nitrogens with one attached hydrogen (secondary N) is 1. The van der Waals surface area contributed by atoms with Crippen LogP contribution in [0, 0.1) is 46.3 Å². The summed E-state index contributed by atoms with van der Waals surface area (Å²) in [6.45, 7) is 8.98. The first-order chi connectivity index (χ1) is 19.7. The first-order valence-electron chi connectivity index (χ1n) is 15.9. The fourth-order valence-electron chi connectivity index (χ4n) is 9.84. The van der Waals surface area contributed by atoms with Gasteiger partial charge < -0.3 is 19.7 Å². The van der Waals surface area contributed by atoms with E-state index < -0.39 is 16.1 Å². The molecule has 1 aromatic rings. The third kappa shape index (κ3) is 5.34. The Hall–Kier alpha value is -1.91. The number of hydrogen-bond donors (Lipinski definition) is 3. The van der Waals surface area contributed by atoms with Crippen LogP contribution in [0.2, 0.25) is 0 Å². The highest BCUT2D eigenvalue weighted by molar-refractivity contribution is 7.90. The molecule has 0 bridgehead atoms. The number of hydrogen-bond acceptors (Lipinski definition) is 8. The Morgan fingerprint density at radius 3 is 2.43 bits per heavy atom. The SMILES string of the molecule is C[C@H](COC(=O)NS(=O)(=O)c1ccc(OC2(C)CC2)cn1)[C@H]1CC[C@H]2[C@@H]3[C@H](O)C[C@@H]4C[C@H](O)CC[C@]4(C)[C@H]3CC[C@]12C. The lowest BCUT2D eigenvalue weighted by Crippen LogP contribution is -2.58. The van der Waals surface area contributed by atoms with Crippen molar-refractivity contribution in [3.05, 3.63) is 18.3 Å². The van der Waals surface area contributed by atoms with E-state index in [0.717, 1.165) is 64.2 Å². The Bertz CT molecular complexity index is 1280. The summed E-state index contributed by atoms with van der Waals surface area (Å²) in [6, 6.07) is 2.87. The molecule has 42 heavy (non-hydrogen) atoms. The van der Waals surface area contributed by atoms with Crippen LogP contribution in [0.3, 0.4) is 0 Å². The van der Waals surface area contributed by atoms with Crippen LogP contribution in [0.1, 0.15) is 91.9 Å². The predicted molar refractivity (Wildman–Crippen MR) is 156 cm³/mol. The van der Waals surface area contributed by atoms with Crippen LogP contribution in [-0.2, 0) is 14.8 Å². The predicted octanol–water partition coefficient (Wildman–Crippen LogP) is 5.05. The molecule has 5 fully saturated rings. The number of aliphatic hydroxyl groups is 2. The van der Waals surface area contributed by atoms with Crippen molar-refractivity contribution in [3.8, 4) is 5.75 Å². The second-order valence-corrected chi connectivity index (χ2v) is 16.6. The number of rotatable bonds is 7. The molecule has 5 aliphatic rings. The summed E-state index contributed by atoms with van der Waals surface area (Å²) < 4.78 is 38.8. The van der Waals surface area contributed by atoms with Crippen LogP contribution < -0.4 is 9.46 Å². The standard InChI is InChI=1S/C32H48N2O7S/c1-19(18-40-29(37)34-42(38,39)27-8-5-22(17-33-27)41-30(2)13-14-30)23-6-7-24-28-25(10-12-32(23,24)4)31(3)11-9-21(35)15-20(31)16-26(28)36/h5,8,17,19-21,23-26,28,35-36H,6-7,9-16,18H2,1-4H3,(H,34,37)/t19-,20+,21-,23-,24+,25+,26-,28+,31+,32-/m1/s1. The molecule has 0 unspecified atom stereocenters. The number of aromatic nitrogens is 1. The van der Waals surface area contributed by atoms with E-state index in [1.54, 1.807) is 6.07 Å². The van der Waals surface area contributed by atoms with Gasteiger partial charge in [-0.15, -0.1) is 0 Å². The quantitative estimate of drug-likeness (QED) is 0.393. The molecule has 9 nitrogen and oxygen atoms in total. The molecule has 10 atom stereocenters. The lowest BCUT2D eigenvalue weighted by atomic mass is 9.43. The summed E-state index contributed by atoms with van der Waals surface area (Å²) in [6.07, 6.45) is 9.40. The Labute approximate surface area is 250 Å². The Balaban J connectivity index is 1.06. The fraction of sp³-hybridized carbons (Fsp3) is 0.812. The van der Waals surface area contributed by atoms with E-state index in [0.29, 0.717) is 29.4 Å². The molecule has 1 aromatic heterocycles. The summed E-state index contributed by atoms with van der Waals surface area (Å²) in [5, 5.41) is 21.5. The average molecular weight is 605 g/mol. The van der Waals surface area contributed by atoms with Crippen molar-refractivity contribution in [2.45, 2.75) is 115 Å². The van der Waals surface area contributed by atoms with Gasteiger partial charge in [0, 0.05) is 0 Å². The first kappa shape index (κ1) is 30.1. The smallest absolute Gasteiger partial charge is 0.421 e. The zero-order valence-corrected chi connectivity index (χ0v) is 26.2. The molecule has 5 aliphatic carbocycles.